The molecule has 1 aliphatic heterocycles. The average Bonchev–Trinajstić information content (AvgIpc) is 2.69. The summed E-state index contributed by atoms with van der Waals surface area (Å²) in [5.74, 6) is -4.64. The maximum atomic E-state index is 13.7. The van der Waals surface area contributed by atoms with E-state index in [-0.39, 0.29) is 11.5 Å². The molecule has 2 unspecified atom stereocenters. The van der Waals surface area contributed by atoms with Gasteiger partial charge in [-0.15, -0.1) is 0 Å². The van der Waals surface area contributed by atoms with Crippen LogP contribution in [0.15, 0.2) is 59.9 Å². The number of ketones is 1. The standard InChI is InChI=1S/C22H18F6O4/c1-12-3-7-14(8-4-12)30-16-11-17(31-15-9-5-13(2)6-10-15)32-20(22(26,27)28)18(16)19(29)21(23,24)25/h3-10,16-17H,11H2,1-2H3. The van der Waals surface area contributed by atoms with Gasteiger partial charge in [0.15, 0.2) is 0 Å². The number of allylic oxidation sites excluding steroid dienone is 1. The Labute approximate surface area is 179 Å². The van der Waals surface area contributed by atoms with Crippen LogP contribution in [0, 0.1) is 13.8 Å². The molecule has 172 valence electrons. The predicted molar refractivity (Wildman–Crippen MR) is 101 cm³/mol. The highest BCUT2D eigenvalue weighted by Gasteiger charge is 2.54. The molecule has 0 aromatic heterocycles. The van der Waals surface area contributed by atoms with Crippen molar-refractivity contribution in [3.63, 3.8) is 0 Å². The van der Waals surface area contributed by atoms with E-state index in [1.54, 1.807) is 38.1 Å². The Kier molecular flexibility index (Phi) is 6.43. The zero-order valence-corrected chi connectivity index (χ0v) is 16.9. The number of Topliss-reactive ketones (excluding diaryl/α,β-unsaturated/α-hetero) is 1. The van der Waals surface area contributed by atoms with Gasteiger partial charge in [-0.05, 0) is 38.1 Å². The van der Waals surface area contributed by atoms with Gasteiger partial charge in [0.1, 0.15) is 17.6 Å². The Morgan fingerprint density at radius 1 is 0.844 bits per heavy atom. The Bertz CT molecular complexity index is 991. The second-order valence-corrected chi connectivity index (χ2v) is 7.20. The van der Waals surface area contributed by atoms with Crippen LogP contribution in [0.4, 0.5) is 26.3 Å². The molecule has 1 heterocycles. The van der Waals surface area contributed by atoms with Crippen molar-refractivity contribution in [3.05, 3.63) is 71.0 Å². The summed E-state index contributed by atoms with van der Waals surface area (Å²) in [6.07, 6.45) is -15.1. The lowest BCUT2D eigenvalue weighted by Crippen LogP contribution is -2.44. The van der Waals surface area contributed by atoms with Crippen molar-refractivity contribution < 1.29 is 45.3 Å². The van der Waals surface area contributed by atoms with E-state index in [1.807, 2.05) is 0 Å². The van der Waals surface area contributed by atoms with Gasteiger partial charge in [0.2, 0.25) is 12.0 Å². The van der Waals surface area contributed by atoms with Crippen LogP contribution in [-0.4, -0.2) is 30.5 Å². The lowest BCUT2D eigenvalue weighted by molar-refractivity contribution is -0.188. The Morgan fingerprint density at radius 2 is 1.31 bits per heavy atom. The second-order valence-electron chi connectivity index (χ2n) is 7.20. The number of rotatable bonds is 5. The summed E-state index contributed by atoms with van der Waals surface area (Å²) in [5, 5.41) is 0. The molecule has 2 aromatic carbocycles. The quantitative estimate of drug-likeness (QED) is 0.528. The van der Waals surface area contributed by atoms with E-state index in [4.69, 9.17) is 14.2 Å². The molecule has 0 N–H and O–H groups in total. The van der Waals surface area contributed by atoms with Crippen molar-refractivity contribution >= 4 is 5.78 Å². The monoisotopic (exact) mass is 460 g/mol. The molecular weight excluding hydrogens is 442 g/mol. The SMILES string of the molecule is Cc1ccc(OC2CC(Oc3ccc(C)cc3)C(C(=O)C(F)(F)F)=C(C(F)(F)F)O2)cc1. The van der Waals surface area contributed by atoms with E-state index in [9.17, 15) is 31.1 Å². The molecular formula is C22H18F6O4. The highest BCUT2D eigenvalue weighted by atomic mass is 19.4. The first kappa shape index (κ1) is 23.5. The summed E-state index contributed by atoms with van der Waals surface area (Å²) in [7, 11) is 0. The van der Waals surface area contributed by atoms with E-state index in [1.165, 1.54) is 24.3 Å². The van der Waals surface area contributed by atoms with E-state index in [0.29, 0.717) is 0 Å². The first-order valence-electron chi connectivity index (χ1n) is 9.41. The lowest BCUT2D eigenvalue weighted by Gasteiger charge is -2.34. The van der Waals surface area contributed by atoms with Gasteiger partial charge in [0.25, 0.3) is 5.78 Å². The van der Waals surface area contributed by atoms with Crippen LogP contribution >= 0.6 is 0 Å². The van der Waals surface area contributed by atoms with Gasteiger partial charge in [-0.1, -0.05) is 35.4 Å². The number of hydrogen-bond donors (Lipinski definition) is 0. The van der Waals surface area contributed by atoms with Crippen molar-refractivity contribution in [2.24, 2.45) is 0 Å². The first-order valence-corrected chi connectivity index (χ1v) is 9.41. The number of carbonyl (C=O) groups is 1. The summed E-state index contributed by atoms with van der Waals surface area (Å²) < 4.78 is 96.0. The molecule has 0 amide bonds. The number of alkyl halides is 6. The zero-order chi connectivity index (χ0) is 23.7. The summed E-state index contributed by atoms with van der Waals surface area (Å²) in [4.78, 5) is 12.0. The number of benzene rings is 2. The van der Waals surface area contributed by atoms with Gasteiger partial charge < -0.3 is 14.2 Å². The van der Waals surface area contributed by atoms with Crippen LogP contribution in [0.25, 0.3) is 0 Å². The minimum Gasteiger partial charge on any atom is -0.485 e. The van der Waals surface area contributed by atoms with Crippen LogP contribution in [0.2, 0.25) is 0 Å². The fourth-order valence-corrected chi connectivity index (χ4v) is 3.03. The fraction of sp³-hybridized carbons (Fsp3) is 0.318. The molecule has 0 fully saturated rings. The van der Waals surface area contributed by atoms with Crippen molar-refractivity contribution in [1.29, 1.82) is 0 Å². The predicted octanol–water partition coefficient (Wildman–Crippen LogP) is 5.82. The molecule has 0 radical (unpaired) electrons. The Morgan fingerprint density at radius 3 is 1.75 bits per heavy atom. The van der Waals surface area contributed by atoms with Crippen molar-refractivity contribution in [1.82, 2.24) is 0 Å². The van der Waals surface area contributed by atoms with Crippen LogP contribution in [0.1, 0.15) is 17.5 Å². The Balaban J connectivity index is 2.03. The minimum atomic E-state index is -5.56. The third-order valence-electron chi connectivity index (χ3n) is 4.57. The highest BCUT2D eigenvalue weighted by Crippen LogP contribution is 2.40. The Hall–Kier alpha value is -3.17. The fourth-order valence-electron chi connectivity index (χ4n) is 3.03. The molecule has 2 atom stereocenters. The molecule has 0 saturated heterocycles. The largest absolute Gasteiger partial charge is 0.485 e. The van der Waals surface area contributed by atoms with Crippen LogP contribution in [-0.2, 0) is 9.53 Å². The second kappa shape index (κ2) is 8.76. The smallest absolute Gasteiger partial charge is 0.454 e. The van der Waals surface area contributed by atoms with Crippen LogP contribution < -0.4 is 9.47 Å². The van der Waals surface area contributed by atoms with E-state index in [2.05, 4.69) is 0 Å². The average molecular weight is 460 g/mol. The maximum absolute atomic E-state index is 13.7. The number of halogens is 6. The van der Waals surface area contributed by atoms with Gasteiger partial charge in [-0.25, -0.2) is 0 Å². The number of ether oxygens (including phenoxy) is 3. The molecule has 0 spiro atoms. The minimum absolute atomic E-state index is 0.00872. The molecule has 4 nitrogen and oxygen atoms in total. The van der Waals surface area contributed by atoms with E-state index >= 15 is 0 Å². The zero-order valence-electron chi connectivity index (χ0n) is 16.9. The summed E-state index contributed by atoms with van der Waals surface area (Å²) in [5.41, 5.74) is 0.00813. The number of carbonyl (C=O) groups excluding carboxylic acids is 1. The molecule has 2 aromatic rings. The van der Waals surface area contributed by atoms with Gasteiger partial charge in [-0.2, -0.15) is 26.3 Å². The van der Waals surface area contributed by atoms with Crippen molar-refractivity contribution in [2.75, 3.05) is 0 Å². The number of hydrogen-bond acceptors (Lipinski definition) is 4. The normalized spacial score (nSPS) is 19.4. The van der Waals surface area contributed by atoms with Crippen LogP contribution in [0.3, 0.4) is 0 Å². The summed E-state index contributed by atoms with van der Waals surface area (Å²) >= 11 is 0. The molecule has 0 saturated carbocycles. The molecule has 0 aliphatic carbocycles. The molecule has 3 rings (SSSR count). The van der Waals surface area contributed by atoms with Crippen molar-refractivity contribution in [3.8, 4) is 11.5 Å². The summed E-state index contributed by atoms with van der Waals surface area (Å²) in [6, 6.07) is 12.1. The lowest BCUT2D eigenvalue weighted by atomic mass is 9.97. The molecule has 1 aliphatic rings. The maximum Gasteiger partial charge on any atom is 0.454 e. The number of aryl methyl sites for hydroxylation is 2. The van der Waals surface area contributed by atoms with Gasteiger partial charge in [0, 0.05) is 0 Å². The van der Waals surface area contributed by atoms with Gasteiger partial charge in [0.05, 0.1) is 12.0 Å². The first-order chi connectivity index (χ1) is 14.8. The van der Waals surface area contributed by atoms with Crippen LogP contribution in [0.5, 0.6) is 11.5 Å². The van der Waals surface area contributed by atoms with Crippen molar-refractivity contribution in [2.45, 2.75) is 45.0 Å². The van der Waals surface area contributed by atoms with E-state index in [0.717, 1.165) is 11.1 Å². The third-order valence-corrected chi connectivity index (χ3v) is 4.57. The van der Waals surface area contributed by atoms with Gasteiger partial charge >= 0.3 is 12.4 Å². The molecule has 0 bridgehead atoms. The van der Waals surface area contributed by atoms with E-state index < -0.39 is 48.3 Å². The topological polar surface area (TPSA) is 44.8 Å². The third kappa shape index (κ3) is 5.54. The molecule has 32 heavy (non-hydrogen) atoms. The summed E-state index contributed by atoms with van der Waals surface area (Å²) in [6.45, 7) is 3.52. The van der Waals surface area contributed by atoms with Gasteiger partial charge in [-0.3, -0.25) is 4.79 Å². The highest BCUT2D eigenvalue weighted by molar-refractivity contribution is 6.01. The molecule has 10 heteroatoms.